The topological polar surface area (TPSA) is 68.3 Å². The minimum Gasteiger partial charge on any atom is -0.497 e. The zero-order chi connectivity index (χ0) is 62.1. The summed E-state index contributed by atoms with van der Waals surface area (Å²) in [7, 11) is 10.2. The molecule has 1 aliphatic carbocycles. The van der Waals surface area contributed by atoms with Crippen LogP contribution in [-0.2, 0) is 0 Å². The molecule has 0 radical (unpaired) electrons. The van der Waals surface area contributed by atoms with Crippen molar-refractivity contribution in [3.05, 3.63) is 290 Å². The van der Waals surface area contributed by atoms with E-state index in [1.54, 1.807) is 42.7 Å². The van der Waals surface area contributed by atoms with Gasteiger partial charge in [0.25, 0.3) is 0 Å². The maximum Gasteiger partial charge on any atom is 0.119 e. The molecular weight excluding hydrogens is 1110 g/mol. The summed E-state index contributed by atoms with van der Waals surface area (Å²) in [4.78, 5) is 9.18. The van der Waals surface area contributed by atoms with Gasteiger partial charge in [-0.05, 0) is 265 Å². The largest absolute Gasteiger partial charge is 0.497 e. The van der Waals surface area contributed by atoms with Crippen LogP contribution in [0, 0.1) is 12.8 Å². The van der Waals surface area contributed by atoms with Crippen LogP contribution in [0.2, 0.25) is 0 Å². The predicted octanol–water partition coefficient (Wildman–Crippen LogP) is 20.9. The molecule has 0 spiro atoms. The van der Waals surface area contributed by atoms with Gasteiger partial charge in [-0.15, -0.1) is 0 Å². The lowest BCUT2D eigenvalue weighted by Gasteiger charge is -2.34. The van der Waals surface area contributed by atoms with Gasteiger partial charge in [0.15, 0.2) is 0 Å². The molecule has 90 heavy (non-hydrogen) atoms. The van der Waals surface area contributed by atoms with Gasteiger partial charge >= 0.3 is 0 Å². The van der Waals surface area contributed by atoms with Crippen molar-refractivity contribution in [3.63, 3.8) is 0 Å². The van der Waals surface area contributed by atoms with Gasteiger partial charge in [0.1, 0.15) is 34.5 Å². The maximum atomic E-state index is 5.63. The molecule has 12 rings (SSSR count). The Kier molecular flexibility index (Phi) is 17.7. The molecule has 10 nitrogen and oxygen atoms in total. The summed E-state index contributed by atoms with van der Waals surface area (Å²) in [6.45, 7) is 4.54. The van der Waals surface area contributed by atoms with Crippen LogP contribution in [0.25, 0.3) is 27.8 Å². The Hall–Kier alpha value is -11.1. The number of rotatable bonds is 21. The van der Waals surface area contributed by atoms with E-state index in [-0.39, 0.29) is 5.92 Å². The number of hydrogen-bond donors (Lipinski definition) is 0. The standard InChI is InChI=1S/C80H72N4O6/c1-55-53-61(17-51-79(55)83(71-35-47-77(89-7)48-36-71)69-23-13-59(14-24-69)57-9-19-63(20-10-57)81(65-27-39-73(85-3)40-28-65)66-29-41-74(86-4)42-30-66)62-18-52-80(56(2)54-62)84(72-37-49-78(90-8)50-38-72)70-25-15-60(16-26-70)58-11-21-64(22-12-58)82(67-31-43-75(87-5)44-32-67)68-33-45-76(88-6)46-34-68/h9-53,56H,54H2,1-8H3. The molecular formula is C80H72N4O6. The molecule has 0 amide bonds. The number of methoxy groups -OCH3 is 6. The first-order valence-corrected chi connectivity index (χ1v) is 30.1. The van der Waals surface area contributed by atoms with E-state index in [4.69, 9.17) is 28.4 Å². The molecule has 1 unspecified atom stereocenters. The molecule has 11 aromatic rings. The monoisotopic (exact) mass is 1180 g/mol. The lowest BCUT2D eigenvalue weighted by molar-refractivity contribution is 0.414. The molecule has 0 heterocycles. The molecule has 11 aromatic carbocycles. The highest BCUT2D eigenvalue weighted by Gasteiger charge is 2.26. The Morgan fingerprint density at radius 1 is 0.267 bits per heavy atom. The Bertz CT molecular complexity index is 4150. The fourth-order valence-corrected chi connectivity index (χ4v) is 11.8. The molecule has 448 valence electrons. The summed E-state index contributed by atoms with van der Waals surface area (Å²) >= 11 is 0. The van der Waals surface area contributed by atoms with E-state index < -0.39 is 0 Å². The predicted molar refractivity (Wildman–Crippen MR) is 370 cm³/mol. The van der Waals surface area contributed by atoms with Crippen molar-refractivity contribution in [1.29, 1.82) is 0 Å². The Balaban J connectivity index is 0.808. The first-order valence-electron chi connectivity index (χ1n) is 30.1. The summed E-state index contributed by atoms with van der Waals surface area (Å²) in [6, 6.07) is 91.2. The van der Waals surface area contributed by atoms with E-state index in [9.17, 15) is 0 Å². The molecule has 1 aliphatic rings. The van der Waals surface area contributed by atoms with Crippen LogP contribution in [0.3, 0.4) is 0 Å². The number of anilines is 11. The normalized spacial score (nSPS) is 12.6. The van der Waals surface area contributed by atoms with Crippen LogP contribution in [0.1, 0.15) is 24.5 Å². The maximum absolute atomic E-state index is 5.63. The lowest BCUT2D eigenvalue weighted by Crippen LogP contribution is -2.23. The number of nitrogens with zero attached hydrogens (tertiary/aromatic N) is 4. The van der Waals surface area contributed by atoms with Crippen molar-refractivity contribution in [2.45, 2.75) is 20.3 Å². The summed E-state index contributed by atoms with van der Waals surface area (Å²) in [5.41, 5.74) is 20.8. The molecule has 0 aliphatic heterocycles. The molecule has 0 N–H and O–H groups in total. The lowest BCUT2D eigenvalue weighted by atomic mass is 9.87. The highest BCUT2D eigenvalue weighted by Crippen LogP contribution is 2.45. The van der Waals surface area contributed by atoms with Gasteiger partial charge in [-0.1, -0.05) is 67.6 Å². The fourth-order valence-electron chi connectivity index (χ4n) is 11.8. The number of benzene rings is 11. The van der Waals surface area contributed by atoms with Crippen LogP contribution >= 0.6 is 0 Å². The van der Waals surface area contributed by atoms with Crippen LogP contribution < -0.4 is 48.0 Å². The summed E-state index contributed by atoms with van der Waals surface area (Å²) in [5, 5.41) is 0. The van der Waals surface area contributed by atoms with Crippen molar-refractivity contribution in [2.75, 3.05) is 62.3 Å². The highest BCUT2D eigenvalue weighted by molar-refractivity contribution is 5.85. The van der Waals surface area contributed by atoms with E-state index in [1.807, 2.05) is 72.8 Å². The van der Waals surface area contributed by atoms with Gasteiger partial charge in [0.2, 0.25) is 0 Å². The zero-order valence-electron chi connectivity index (χ0n) is 52.0. The van der Waals surface area contributed by atoms with E-state index >= 15 is 0 Å². The highest BCUT2D eigenvalue weighted by atomic mass is 16.5. The zero-order valence-corrected chi connectivity index (χ0v) is 52.0. The molecule has 0 bridgehead atoms. The van der Waals surface area contributed by atoms with Crippen LogP contribution in [-0.4, -0.2) is 42.7 Å². The van der Waals surface area contributed by atoms with Crippen LogP contribution in [0.5, 0.6) is 34.5 Å². The molecule has 10 heteroatoms. The van der Waals surface area contributed by atoms with Gasteiger partial charge in [0.05, 0.1) is 42.7 Å². The van der Waals surface area contributed by atoms with Gasteiger partial charge in [0, 0.05) is 74.2 Å². The third-order valence-corrected chi connectivity index (χ3v) is 16.7. The van der Waals surface area contributed by atoms with Crippen molar-refractivity contribution in [1.82, 2.24) is 0 Å². The minimum atomic E-state index is 0.185. The number of ether oxygens (including phenoxy) is 6. The second-order valence-corrected chi connectivity index (χ2v) is 22.1. The molecule has 0 saturated heterocycles. The number of aryl methyl sites for hydroxylation is 1. The van der Waals surface area contributed by atoms with Crippen molar-refractivity contribution < 1.29 is 28.4 Å². The Labute approximate surface area is 528 Å². The van der Waals surface area contributed by atoms with E-state index in [0.717, 1.165) is 131 Å². The van der Waals surface area contributed by atoms with Crippen molar-refractivity contribution in [3.8, 4) is 56.8 Å². The number of allylic oxidation sites excluding steroid dienone is 4. The second-order valence-electron chi connectivity index (χ2n) is 22.1. The molecule has 1 atom stereocenters. The molecule has 0 aromatic heterocycles. The smallest absolute Gasteiger partial charge is 0.119 e. The number of hydrogen-bond acceptors (Lipinski definition) is 10. The van der Waals surface area contributed by atoms with E-state index in [1.165, 1.54) is 16.8 Å². The summed E-state index contributed by atoms with van der Waals surface area (Å²) in [6.07, 6.45) is 5.47. The van der Waals surface area contributed by atoms with Gasteiger partial charge in [-0.2, -0.15) is 0 Å². The third-order valence-electron chi connectivity index (χ3n) is 16.7. The van der Waals surface area contributed by atoms with E-state index in [0.29, 0.717) is 0 Å². The Morgan fingerprint density at radius 2 is 0.500 bits per heavy atom. The Morgan fingerprint density at radius 3 is 0.744 bits per heavy atom. The minimum absolute atomic E-state index is 0.185. The summed E-state index contributed by atoms with van der Waals surface area (Å²) in [5.74, 6) is 5.02. The average molecular weight is 1190 g/mol. The van der Waals surface area contributed by atoms with Crippen LogP contribution in [0.4, 0.5) is 62.6 Å². The van der Waals surface area contributed by atoms with Gasteiger partial charge in [-0.25, -0.2) is 0 Å². The van der Waals surface area contributed by atoms with Crippen molar-refractivity contribution in [2.24, 2.45) is 5.92 Å². The average Bonchev–Trinajstić information content (AvgIpc) is 1.16. The SMILES string of the molecule is COc1ccc(N(C2=CC=C(c3ccc(N(c4ccc(OC)cc4)c4ccc(-c5ccc(N(c6ccc(OC)cc6)c6ccc(OC)cc6)cc5)cc4)c(C)c3)CC2C)c2ccc(-c3ccc(N(c4ccc(OC)cc4)c4ccc(OC)cc4)cc3)cc2)cc1. The summed E-state index contributed by atoms with van der Waals surface area (Å²) < 4.78 is 33.2. The van der Waals surface area contributed by atoms with Gasteiger partial charge < -0.3 is 48.0 Å². The first-order chi connectivity index (χ1) is 44.1. The van der Waals surface area contributed by atoms with Crippen molar-refractivity contribution >= 4 is 68.1 Å². The van der Waals surface area contributed by atoms with Gasteiger partial charge in [-0.3, -0.25) is 0 Å². The fraction of sp³-hybridized carbons (Fsp3) is 0.125. The first kappa shape index (κ1) is 59.2. The third kappa shape index (κ3) is 12.7. The molecule has 0 fully saturated rings. The molecule has 0 saturated carbocycles. The van der Waals surface area contributed by atoms with Crippen LogP contribution in [0.15, 0.2) is 279 Å². The van der Waals surface area contributed by atoms with E-state index in [2.05, 4.69) is 234 Å². The quantitative estimate of drug-likeness (QED) is 0.0695. The second kappa shape index (κ2) is 26.9.